The molecule has 5 heteroatoms. The van der Waals surface area contributed by atoms with Crippen LogP contribution in [0.25, 0.3) is 11.0 Å². The maximum atomic E-state index is 9.63. The van der Waals surface area contributed by atoms with Crippen molar-refractivity contribution in [1.82, 2.24) is 9.97 Å². The lowest BCUT2D eigenvalue weighted by Crippen LogP contribution is -2.42. The number of fused-ring (bicyclic) bond motifs is 1. The van der Waals surface area contributed by atoms with E-state index in [9.17, 15) is 5.11 Å². The highest BCUT2D eigenvalue weighted by atomic mass is 16.5. The molecule has 2 heterocycles. The Hall–Kier alpha value is -1.88. The zero-order chi connectivity index (χ0) is 14.7. The zero-order valence-electron chi connectivity index (χ0n) is 12.3. The first-order chi connectivity index (χ1) is 10.3. The van der Waals surface area contributed by atoms with E-state index in [0.29, 0.717) is 12.5 Å². The number of aliphatic hydroxyl groups is 1. The van der Waals surface area contributed by atoms with Gasteiger partial charge in [-0.3, -0.25) is 0 Å². The predicted molar refractivity (Wildman–Crippen MR) is 82.8 cm³/mol. The fourth-order valence-corrected chi connectivity index (χ4v) is 2.86. The monoisotopic (exact) mass is 287 g/mol. The van der Waals surface area contributed by atoms with Crippen molar-refractivity contribution >= 4 is 16.9 Å². The molecule has 0 amide bonds. The summed E-state index contributed by atoms with van der Waals surface area (Å²) < 4.78 is 5.69. The lowest BCUT2D eigenvalue weighted by molar-refractivity contribution is 0.237. The molecule has 2 aromatic rings. The molecule has 1 saturated heterocycles. The summed E-state index contributed by atoms with van der Waals surface area (Å²) in [5, 5.41) is 9.63. The van der Waals surface area contributed by atoms with Gasteiger partial charge in [-0.25, -0.2) is 9.97 Å². The second kappa shape index (κ2) is 6.26. The Morgan fingerprint density at radius 3 is 2.71 bits per heavy atom. The molecule has 112 valence electrons. The summed E-state index contributed by atoms with van der Waals surface area (Å²) in [6, 6.07) is 7.91. The van der Waals surface area contributed by atoms with Crippen LogP contribution in [0.2, 0.25) is 0 Å². The normalized spacial score (nSPS) is 19.0. The van der Waals surface area contributed by atoms with Crippen molar-refractivity contribution in [3.63, 3.8) is 0 Å². The number of para-hydroxylation sites is 2. The average Bonchev–Trinajstić information content (AvgIpc) is 2.54. The van der Waals surface area contributed by atoms with Gasteiger partial charge in [0, 0.05) is 6.54 Å². The number of piperidine rings is 1. The van der Waals surface area contributed by atoms with Gasteiger partial charge in [0.2, 0.25) is 0 Å². The van der Waals surface area contributed by atoms with Gasteiger partial charge in [-0.15, -0.1) is 0 Å². The van der Waals surface area contributed by atoms with Gasteiger partial charge in [-0.1, -0.05) is 12.1 Å². The molecule has 1 aromatic carbocycles. The highest BCUT2D eigenvalue weighted by molar-refractivity contribution is 5.77. The van der Waals surface area contributed by atoms with Gasteiger partial charge in [0.05, 0.1) is 30.3 Å². The smallest absolute Gasteiger partial charge is 0.258 e. The molecule has 0 spiro atoms. The third kappa shape index (κ3) is 2.78. The number of rotatable bonds is 4. The average molecular weight is 287 g/mol. The molecular formula is C16H21N3O2. The topological polar surface area (TPSA) is 58.5 Å². The number of ether oxygens (including phenoxy) is 1. The van der Waals surface area contributed by atoms with Crippen molar-refractivity contribution in [2.24, 2.45) is 0 Å². The first kappa shape index (κ1) is 14.1. The highest BCUT2D eigenvalue weighted by Crippen LogP contribution is 2.31. The van der Waals surface area contributed by atoms with E-state index in [1.54, 1.807) is 0 Å². The van der Waals surface area contributed by atoms with E-state index in [-0.39, 0.29) is 12.6 Å². The molecule has 21 heavy (non-hydrogen) atoms. The van der Waals surface area contributed by atoms with E-state index < -0.39 is 0 Å². The van der Waals surface area contributed by atoms with Gasteiger partial charge in [-0.05, 0) is 38.3 Å². The minimum atomic E-state index is 0.105. The van der Waals surface area contributed by atoms with Crippen LogP contribution < -0.4 is 9.64 Å². The van der Waals surface area contributed by atoms with E-state index in [1.165, 1.54) is 0 Å². The molecule has 1 aliphatic rings. The fraction of sp³-hybridized carbons (Fsp3) is 0.500. The number of benzene rings is 1. The Morgan fingerprint density at radius 2 is 2.00 bits per heavy atom. The largest absolute Gasteiger partial charge is 0.475 e. The summed E-state index contributed by atoms with van der Waals surface area (Å²) in [5.74, 6) is 1.32. The summed E-state index contributed by atoms with van der Waals surface area (Å²) in [7, 11) is 0. The van der Waals surface area contributed by atoms with Crippen molar-refractivity contribution in [2.45, 2.75) is 32.2 Å². The standard InChI is InChI=1S/C16H21N3O2/c1-2-21-16-15(19-10-6-5-7-12(19)11-20)17-13-8-3-4-9-14(13)18-16/h3-4,8-9,12,20H,2,5-7,10-11H2,1H3/t12-/m1/s1. The molecule has 3 rings (SSSR count). The van der Waals surface area contributed by atoms with Crippen LogP contribution in [-0.2, 0) is 0 Å². The van der Waals surface area contributed by atoms with E-state index in [4.69, 9.17) is 9.72 Å². The molecule has 1 atom stereocenters. The number of hydrogen-bond acceptors (Lipinski definition) is 5. The predicted octanol–water partition coefficient (Wildman–Crippen LogP) is 2.38. The van der Waals surface area contributed by atoms with Crippen LogP contribution >= 0.6 is 0 Å². The molecule has 5 nitrogen and oxygen atoms in total. The summed E-state index contributed by atoms with van der Waals surface area (Å²) in [6.07, 6.45) is 3.24. The first-order valence-electron chi connectivity index (χ1n) is 7.60. The van der Waals surface area contributed by atoms with Gasteiger partial charge < -0.3 is 14.7 Å². The van der Waals surface area contributed by atoms with E-state index in [2.05, 4.69) is 9.88 Å². The first-order valence-corrected chi connectivity index (χ1v) is 7.60. The molecular weight excluding hydrogens is 266 g/mol. The van der Waals surface area contributed by atoms with Crippen molar-refractivity contribution in [3.05, 3.63) is 24.3 Å². The molecule has 0 bridgehead atoms. The van der Waals surface area contributed by atoms with E-state index in [0.717, 1.165) is 42.7 Å². The molecule has 0 aliphatic carbocycles. The Morgan fingerprint density at radius 1 is 1.24 bits per heavy atom. The van der Waals surface area contributed by atoms with Gasteiger partial charge in [0.25, 0.3) is 5.88 Å². The van der Waals surface area contributed by atoms with Crippen LogP contribution in [0, 0.1) is 0 Å². The van der Waals surface area contributed by atoms with Crippen LogP contribution in [0.1, 0.15) is 26.2 Å². The second-order valence-corrected chi connectivity index (χ2v) is 5.30. The molecule has 0 radical (unpaired) electrons. The molecule has 1 aliphatic heterocycles. The molecule has 0 unspecified atom stereocenters. The van der Waals surface area contributed by atoms with Crippen LogP contribution in [0.15, 0.2) is 24.3 Å². The minimum Gasteiger partial charge on any atom is -0.475 e. The maximum Gasteiger partial charge on any atom is 0.258 e. The van der Waals surface area contributed by atoms with Crippen LogP contribution in [-0.4, -0.2) is 40.9 Å². The summed E-state index contributed by atoms with van der Waals surface area (Å²) >= 11 is 0. The molecule has 1 N–H and O–H groups in total. The summed E-state index contributed by atoms with van der Waals surface area (Å²) in [5.41, 5.74) is 1.69. The van der Waals surface area contributed by atoms with Gasteiger partial charge in [0.1, 0.15) is 0 Å². The Kier molecular flexibility index (Phi) is 4.20. The van der Waals surface area contributed by atoms with Gasteiger partial charge in [-0.2, -0.15) is 0 Å². The Labute approximate surface area is 124 Å². The number of hydrogen-bond donors (Lipinski definition) is 1. The van der Waals surface area contributed by atoms with E-state index >= 15 is 0 Å². The van der Waals surface area contributed by atoms with Crippen LogP contribution in [0.5, 0.6) is 5.88 Å². The number of aromatic nitrogens is 2. The number of anilines is 1. The third-order valence-electron chi connectivity index (χ3n) is 3.91. The molecule has 1 aromatic heterocycles. The Bertz CT molecular complexity index is 617. The van der Waals surface area contributed by atoms with Crippen molar-refractivity contribution < 1.29 is 9.84 Å². The molecule has 0 saturated carbocycles. The highest BCUT2D eigenvalue weighted by Gasteiger charge is 2.26. The lowest BCUT2D eigenvalue weighted by atomic mass is 10.0. The lowest BCUT2D eigenvalue weighted by Gasteiger charge is -2.36. The van der Waals surface area contributed by atoms with E-state index in [1.807, 2.05) is 31.2 Å². The Balaban J connectivity index is 2.07. The molecule has 1 fully saturated rings. The maximum absolute atomic E-state index is 9.63. The third-order valence-corrected chi connectivity index (χ3v) is 3.91. The number of nitrogens with zero attached hydrogens (tertiary/aromatic N) is 3. The van der Waals surface area contributed by atoms with Crippen molar-refractivity contribution in [2.75, 3.05) is 24.7 Å². The SMILES string of the molecule is CCOc1nc2ccccc2nc1N1CCCC[C@@H]1CO. The summed E-state index contributed by atoms with van der Waals surface area (Å²) in [6.45, 7) is 3.52. The summed E-state index contributed by atoms with van der Waals surface area (Å²) in [4.78, 5) is 11.5. The fourth-order valence-electron chi connectivity index (χ4n) is 2.86. The van der Waals surface area contributed by atoms with Crippen LogP contribution in [0.4, 0.5) is 5.82 Å². The van der Waals surface area contributed by atoms with Crippen molar-refractivity contribution in [3.8, 4) is 5.88 Å². The quantitative estimate of drug-likeness (QED) is 0.935. The second-order valence-electron chi connectivity index (χ2n) is 5.30. The van der Waals surface area contributed by atoms with Gasteiger partial charge >= 0.3 is 0 Å². The van der Waals surface area contributed by atoms with Crippen molar-refractivity contribution in [1.29, 1.82) is 0 Å². The zero-order valence-corrected chi connectivity index (χ0v) is 12.3. The minimum absolute atomic E-state index is 0.105. The number of aliphatic hydroxyl groups excluding tert-OH is 1. The van der Waals surface area contributed by atoms with Crippen LogP contribution in [0.3, 0.4) is 0 Å². The van der Waals surface area contributed by atoms with Gasteiger partial charge in [0.15, 0.2) is 5.82 Å².